The molecule has 26 heavy (non-hydrogen) atoms. The van der Waals surface area contributed by atoms with E-state index in [-0.39, 0.29) is 16.2 Å². The van der Waals surface area contributed by atoms with Gasteiger partial charge in [-0.1, -0.05) is 35.3 Å². The molecule has 0 N–H and O–H groups in total. The average Bonchev–Trinajstić information content (AvgIpc) is 2.87. The highest BCUT2D eigenvalue weighted by atomic mass is 35.5. The Bertz CT molecular complexity index is 1000. The highest BCUT2D eigenvalue weighted by molar-refractivity contribution is 6.42. The third-order valence-electron chi connectivity index (χ3n) is 3.73. The van der Waals surface area contributed by atoms with Gasteiger partial charge in [0.15, 0.2) is 0 Å². The second kappa shape index (κ2) is 6.78. The molecule has 132 valence electrons. The predicted octanol–water partition coefficient (Wildman–Crippen LogP) is 3.78. The van der Waals surface area contributed by atoms with Crippen LogP contribution in [-0.4, -0.2) is 16.5 Å². The molecule has 9 heteroatoms. The van der Waals surface area contributed by atoms with E-state index >= 15 is 0 Å². The van der Waals surface area contributed by atoms with Crippen molar-refractivity contribution >= 4 is 52.3 Å². The summed E-state index contributed by atoms with van der Waals surface area (Å²) in [7, 11) is 0. The topological polar surface area (TPSA) is 98.9 Å². The molecule has 0 unspecified atom stereocenters. The third-order valence-corrected chi connectivity index (χ3v) is 4.47. The number of nitrogens with zero attached hydrogens (tertiary/aromatic N) is 3. The summed E-state index contributed by atoms with van der Waals surface area (Å²) in [5, 5.41) is 29.0. The standard InChI is InChI=1S/C17H11Cl2N3O4/c1-9-12(7-10-3-2-4-15(16(10)23)22(25)26)17(24)21(20-9)11-5-6-13(18)14(19)8-11/h2-8,23H,1H3/p-1/b12-7-. The highest BCUT2D eigenvalue weighted by Crippen LogP contribution is 2.33. The Labute approximate surface area is 157 Å². The van der Waals surface area contributed by atoms with Crippen LogP contribution < -0.4 is 10.1 Å². The molecule has 0 aromatic heterocycles. The first-order valence-electron chi connectivity index (χ1n) is 7.31. The fourth-order valence-corrected chi connectivity index (χ4v) is 2.72. The molecule has 2 aromatic carbocycles. The van der Waals surface area contributed by atoms with Crippen LogP contribution in [0.5, 0.6) is 5.75 Å². The largest absolute Gasteiger partial charge is 0.867 e. The summed E-state index contributed by atoms with van der Waals surface area (Å²) in [4.78, 5) is 22.8. The number of anilines is 1. The summed E-state index contributed by atoms with van der Waals surface area (Å²) in [6.45, 7) is 1.60. The number of halogens is 2. The minimum absolute atomic E-state index is 0.0353. The van der Waals surface area contributed by atoms with Crippen LogP contribution >= 0.6 is 23.2 Å². The lowest BCUT2D eigenvalue weighted by molar-refractivity contribution is -0.398. The maximum Gasteiger partial charge on any atom is 0.280 e. The summed E-state index contributed by atoms with van der Waals surface area (Å²) in [5.74, 6) is -1.25. The van der Waals surface area contributed by atoms with E-state index in [0.29, 0.717) is 16.4 Å². The number of para-hydroxylation sites is 1. The summed E-state index contributed by atoms with van der Waals surface area (Å²) in [5.41, 5.74) is 0.419. The van der Waals surface area contributed by atoms with Crippen molar-refractivity contribution in [2.45, 2.75) is 6.92 Å². The molecule has 1 heterocycles. The predicted molar refractivity (Wildman–Crippen MR) is 97.6 cm³/mol. The van der Waals surface area contributed by atoms with Crippen LogP contribution in [0.15, 0.2) is 47.1 Å². The van der Waals surface area contributed by atoms with Crippen molar-refractivity contribution in [3.63, 3.8) is 0 Å². The van der Waals surface area contributed by atoms with Crippen LogP contribution in [-0.2, 0) is 4.79 Å². The molecule has 0 fully saturated rings. The van der Waals surface area contributed by atoms with Gasteiger partial charge in [-0.25, -0.2) is 0 Å². The Kier molecular flexibility index (Phi) is 4.67. The maximum atomic E-state index is 12.7. The molecular weight excluding hydrogens is 381 g/mol. The number of nitro benzene ring substituents is 1. The van der Waals surface area contributed by atoms with E-state index in [9.17, 15) is 20.0 Å². The normalized spacial score (nSPS) is 15.5. The molecule has 0 spiro atoms. The number of hydrazone groups is 1. The zero-order chi connectivity index (χ0) is 19.0. The summed E-state index contributed by atoms with van der Waals surface area (Å²) < 4.78 is 0. The molecule has 0 radical (unpaired) electrons. The molecule has 1 aliphatic rings. The van der Waals surface area contributed by atoms with Gasteiger partial charge in [0.2, 0.25) is 0 Å². The van der Waals surface area contributed by atoms with Crippen molar-refractivity contribution in [1.82, 2.24) is 0 Å². The minimum Gasteiger partial charge on any atom is -0.867 e. The van der Waals surface area contributed by atoms with Crippen LogP contribution in [0, 0.1) is 10.1 Å². The van der Waals surface area contributed by atoms with Crippen LogP contribution in [0.1, 0.15) is 12.5 Å². The second-order valence-electron chi connectivity index (χ2n) is 5.41. The number of hydrogen-bond donors (Lipinski definition) is 0. The molecule has 0 saturated carbocycles. The van der Waals surface area contributed by atoms with Gasteiger partial charge in [-0.15, -0.1) is 0 Å². The van der Waals surface area contributed by atoms with Crippen LogP contribution in [0.2, 0.25) is 10.0 Å². The number of nitro groups is 1. The second-order valence-corrected chi connectivity index (χ2v) is 6.23. The Morgan fingerprint density at radius 1 is 1.19 bits per heavy atom. The fraction of sp³-hybridized carbons (Fsp3) is 0.0588. The molecule has 0 saturated heterocycles. The third kappa shape index (κ3) is 3.14. The van der Waals surface area contributed by atoms with Gasteiger partial charge < -0.3 is 5.11 Å². The van der Waals surface area contributed by atoms with Gasteiger partial charge in [-0.05, 0) is 42.5 Å². The van der Waals surface area contributed by atoms with Crippen molar-refractivity contribution in [2.24, 2.45) is 5.10 Å². The number of amides is 1. The van der Waals surface area contributed by atoms with E-state index in [4.69, 9.17) is 23.2 Å². The number of carbonyl (C=O) groups excluding carboxylic acids is 1. The van der Waals surface area contributed by atoms with Gasteiger partial charge in [0.25, 0.3) is 11.6 Å². The van der Waals surface area contributed by atoms with Crippen molar-refractivity contribution < 1.29 is 14.8 Å². The van der Waals surface area contributed by atoms with Gasteiger partial charge >= 0.3 is 0 Å². The van der Waals surface area contributed by atoms with E-state index < -0.39 is 22.3 Å². The Hall–Kier alpha value is -2.90. The zero-order valence-electron chi connectivity index (χ0n) is 13.3. The van der Waals surface area contributed by atoms with Crippen molar-refractivity contribution in [2.75, 3.05) is 5.01 Å². The van der Waals surface area contributed by atoms with E-state index in [2.05, 4.69) is 5.10 Å². The first-order chi connectivity index (χ1) is 12.3. The number of hydrogen-bond acceptors (Lipinski definition) is 5. The maximum absolute atomic E-state index is 12.7. The van der Waals surface area contributed by atoms with Gasteiger partial charge in [0.1, 0.15) is 0 Å². The van der Waals surface area contributed by atoms with Crippen LogP contribution in [0.3, 0.4) is 0 Å². The Morgan fingerprint density at radius 2 is 1.92 bits per heavy atom. The number of carbonyl (C=O) groups is 1. The van der Waals surface area contributed by atoms with Crippen LogP contribution in [0.25, 0.3) is 6.08 Å². The molecule has 0 aliphatic carbocycles. The van der Waals surface area contributed by atoms with Crippen LogP contribution in [0.4, 0.5) is 11.4 Å². The first kappa shape index (κ1) is 17.9. The van der Waals surface area contributed by atoms with E-state index in [1.165, 1.54) is 30.3 Å². The molecule has 3 rings (SSSR count). The number of benzene rings is 2. The lowest BCUT2D eigenvalue weighted by Crippen LogP contribution is -2.21. The molecule has 0 bridgehead atoms. The monoisotopic (exact) mass is 390 g/mol. The SMILES string of the molecule is CC1=NN(c2ccc(Cl)c(Cl)c2)C(=O)/C1=C\c1cccc([N+](=O)[O-])c1[O-]. The van der Waals surface area contributed by atoms with Crippen molar-refractivity contribution in [3.05, 3.63) is 67.7 Å². The first-order valence-corrected chi connectivity index (χ1v) is 8.06. The molecule has 7 nitrogen and oxygen atoms in total. The van der Waals surface area contributed by atoms with E-state index in [0.717, 1.165) is 11.1 Å². The molecule has 1 amide bonds. The van der Waals surface area contributed by atoms with Gasteiger partial charge in [0, 0.05) is 6.07 Å². The molecule has 2 aromatic rings. The minimum atomic E-state index is -0.765. The summed E-state index contributed by atoms with van der Waals surface area (Å²) in [6, 6.07) is 8.52. The highest BCUT2D eigenvalue weighted by Gasteiger charge is 2.29. The fourth-order valence-electron chi connectivity index (χ4n) is 2.43. The van der Waals surface area contributed by atoms with Crippen molar-refractivity contribution in [3.8, 4) is 5.75 Å². The van der Waals surface area contributed by atoms with Gasteiger partial charge in [-0.2, -0.15) is 10.1 Å². The smallest absolute Gasteiger partial charge is 0.280 e. The summed E-state index contributed by atoms with van der Waals surface area (Å²) >= 11 is 11.8. The van der Waals surface area contributed by atoms with Gasteiger partial charge in [0.05, 0.1) is 31.9 Å². The molecule has 0 atom stereocenters. The number of rotatable bonds is 3. The lowest BCUT2D eigenvalue weighted by Gasteiger charge is -2.13. The zero-order valence-corrected chi connectivity index (χ0v) is 14.8. The Balaban J connectivity index is 2.01. The van der Waals surface area contributed by atoms with E-state index in [1.54, 1.807) is 13.0 Å². The quantitative estimate of drug-likeness (QED) is 0.452. The lowest BCUT2D eigenvalue weighted by atomic mass is 10.1. The molecule has 1 aliphatic heterocycles. The molecular formula is C17H10Cl2N3O4-. The summed E-state index contributed by atoms with van der Waals surface area (Å²) in [6.07, 6.45) is 1.30. The average molecular weight is 391 g/mol. The van der Waals surface area contributed by atoms with Crippen molar-refractivity contribution in [1.29, 1.82) is 0 Å². The van der Waals surface area contributed by atoms with E-state index in [1.807, 2.05) is 0 Å². The van der Waals surface area contributed by atoms with Gasteiger partial charge in [-0.3, -0.25) is 14.9 Å². The Morgan fingerprint density at radius 3 is 2.58 bits per heavy atom.